The van der Waals surface area contributed by atoms with Gasteiger partial charge in [-0.2, -0.15) is 0 Å². The van der Waals surface area contributed by atoms with Gasteiger partial charge in [-0.15, -0.1) is 0 Å². The Morgan fingerprint density at radius 1 is 1.35 bits per heavy atom. The molecule has 0 radical (unpaired) electrons. The van der Waals surface area contributed by atoms with Crippen LogP contribution < -0.4 is 5.32 Å². The zero-order valence-electron chi connectivity index (χ0n) is 12.6. The molecule has 20 heavy (non-hydrogen) atoms. The first-order valence-electron chi connectivity index (χ1n) is 6.93. The molecule has 0 aliphatic rings. The zero-order valence-corrected chi connectivity index (χ0v) is 12.6. The molecule has 1 aromatic rings. The van der Waals surface area contributed by atoms with Gasteiger partial charge in [0.15, 0.2) is 0 Å². The maximum Gasteiger partial charge on any atom is 0.303 e. The first kappa shape index (κ1) is 16.3. The largest absolute Gasteiger partial charge is 0.481 e. The van der Waals surface area contributed by atoms with Crippen molar-refractivity contribution in [1.82, 2.24) is 9.88 Å². The fraction of sp³-hybridized carbons (Fsp3) is 0.600. The second-order valence-corrected chi connectivity index (χ2v) is 5.72. The highest BCUT2D eigenvalue weighted by atomic mass is 16.4. The first-order valence-corrected chi connectivity index (χ1v) is 6.93. The van der Waals surface area contributed by atoms with Crippen LogP contribution in [0.1, 0.15) is 42.9 Å². The Morgan fingerprint density at radius 2 is 2.00 bits per heavy atom. The lowest BCUT2D eigenvalue weighted by atomic mass is 9.94. The van der Waals surface area contributed by atoms with Crippen LogP contribution in [0.25, 0.3) is 0 Å². The molecule has 0 aliphatic heterocycles. The van der Waals surface area contributed by atoms with Crippen LogP contribution in [-0.4, -0.2) is 28.1 Å². The van der Waals surface area contributed by atoms with Gasteiger partial charge in [-0.1, -0.05) is 13.8 Å². The van der Waals surface area contributed by atoms with Gasteiger partial charge in [-0.25, -0.2) is 0 Å². The number of carboxylic acids is 1. The molecule has 1 atom stereocenters. The fourth-order valence-electron chi connectivity index (χ4n) is 2.32. The predicted octanol–water partition coefficient (Wildman–Crippen LogP) is 2.20. The second kappa shape index (κ2) is 7.12. The minimum Gasteiger partial charge on any atom is -0.481 e. The number of carbonyl (C=O) groups excluding carboxylic acids is 1. The summed E-state index contributed by atoms with van der Waals surface area (Å²) in [6.45, 7) is 6.44. The number of amides is 1. The molecule has 1 heterocycles. The van der Waals surface area contributed by atoms with Crippen molar-refractivity contribution in [3.8, 4) is 0 Å². The van der Waals surface area contributed by atoms with Crippen molar-refractivity contribution in [2.75, 3.05) is 6.54 Å². The molecular weight excluding hydrogens is 256 g/mol. The smallest absolute Gasteiger partial charge is 0.303 e. The third-order valence-electron chi connectivity index (χ3n) is 3.42. The SMILES string of the molecule is Cc1ccc(C(=O)NCC(CC(=O)O)CC(C)C)n1C. The van der Waals surface area contributed by atoms with Gasteiger partial charge in [0.25, 0.3) is 5.91 Å². The summed E-state index contributed by atoms with van der Waals surface area (Å²) in [6.07, 6.45) is 0.878. The predicted molar refractivity (Wildman–Crippen MR) is 77.7 cm³/mol. The topological polar surface area (TPSA) is 71.3 Å². The van der Waals surface area contributed by atoms with E-state index >= 15 is 0 Å². The van der Waals surface area contributed by atoms with Gasteiger partial charge in [-0.3, -0.25) is 9.59 Å². The van der Waals surface area contributed by atoms with E-state index in [9.17, 15) is 9.59 Å². The molecule has 5 heteroatoms. The van der Waals surface area contributed by atoms with E-state index in [1.807, 2.05) is 24.6 Å². The normalized spacial score (nSPS) is 12.4. The van der Waals surface area contributed by atoms with Crippen LogP contribution in [0.4, 0.5) is 0 Å². The van der Waals surface area contributed by atoms with Gasteiger partial charge in [0, 0.05) is 25.7 Å². The Bertz CT molecular complexity index is 477. The van der Waals surface area contributed by atoms with Crippen molar-refractivity contribution in [3.63, 3.8) is 0 Å². The summed E-state index contributed by atoms with van der Waals surface area (Å²) in [6, 6.07) is 3.66. The molecule has 0 spiro atoms. The molecule has 1 rings (SSSR count). The standard InChI is InChI=1S/C15H24N2O3/c1-10(2)7-12(8-14(18)19)9-16-15(20)13-6-5-11(3)17(13)4/h5-6,10,12H,7-9H2,1-4H3,(H,16,20)(H,18,19). The van der Waals surface area contributed by atoms with E-state index in [1.165, 1.54) is 0 Å². The van der Waals surface area contributed by atoms with E-state index in [-0.39, 0.29) is 18.2 Å². The van der Waals surface area contributed by atoms with E-state index in [2.05, 4.69) is 19.2 Å². The molecule has 1 aromatic heterocycles. The number of aromatic nitrogens is 1. The summed E-state index contributed by atoms with van der Waals surface area (Å²) in [4.78, 5) is 22.9. The van der Waals surface area contributed by atoms with Crippen LogP contribution in [0.5, 0.6) is 0 Å². The molecule has 112 valence electrons. The van der Waals surface area contributed by atoms with Gasteiger partial charge < -0.3 is 15.0 Å². The number of aryl methyl sites for hydroxylation is 1. The summed E-state index contributed by atoms with van der Waals surface area (Å²) in [7, 11) is 1.84. The summed E-state index contributed by atoms with van der Waals surface area (Å²) < 4.78 is 1.82. The van der Waals surface area contributed by atoms with Gasteiger partial charge in [0.05, 0.1) is 0 Å². The minimum atomic E-state index is -0.820. The molecule has 0 saturated heterocycles. The summed E-state index contributed by atoms with van der Waals surface area (Å²) in [5.74, 6) is -0.592. The molecule has 0 aromatic carbocycles. The highest BCUT2D eigenvalue weighted by Gasteiger charge is 2.17. The van der Waals surface area contributed by atoms with Crippen LogP contribution in [0.2, 0.25) is 0 Å². The summed E-state index contributed by atoms with van der Waals surface area (Å²) in [5, 5.41) is 11.8. The summed E-state index contributed by atoms with van der Waals surface area (Å²) >= 11 is 0. The number of carboxylic acid groups (broad SMARTS) is 1. The second-order valence-electron chi connectivity index (χ2n) is 5.72. The van der Waals surface area contributed by atoms with Crippen LogP contribution in [0.3, 0.4) is 0 Å². The van der Waals surface area contributed by atoms with Crippen LogP contribution in [-0.2, 0) is 11.8 Å². The molecule has 0 aliphatic carbocycles. The number of nitrogens with one attached hydrogen (secondary N) is 1. The van der Waals surface area contributed by atoms with Gasteiger partial charge >= 0.3 is 5.97 Å². The average molecular weight is 280 g/mol. The van der Waals surface area contributed by atoms with Crippen LogP contribution >= 0.6 is 0 Å². The highest BCUT2D eigenvalue weighted by molar-refractivity contribution is 5.92. The van der Waals surface area contributed by atoms with E-state index in [1.54, 1.807) is 6.07 Å². The molecular formula is C15H24N2O3. The van der Waals surface area contributed by atoms with Gasteiger partial charge in [0.1, 0.15) is 5.69 Å². The Morgan fingerprint density at radius 3 is 2.45 bits per heavy atom. The third-order valence-corrected chi connectivity index (χ3v) is 3.42. The van der Waals surface area contributed by atoms with Crippen molar-refractivity contribution in [1.29, 1.82) is 0 Å². The van der Waals surface area contributed by atoms with Crippen molar-refractivity contribution < 1.29 is 14.7 Å². The third kappa shape index (κ3) is 4.72. The number of aliphatic carboxylic acids is 1. The quantitative estimate of drug-likeness (QED) is 0.804. The molecule has 1 unspecified atom stereocenters. The monoisotopic (exact) mass is 280 g/mol. The minimum absolute atomic E-state index is 0.0298. The number of rotatable bonds is 7. The Kier molecular flexibility index (Phi) is 5.80. The number of hydrogen-bond acceptors (Lipinski definition) is 2. The number of carbonyl (C=O) groups is 2. The van der Waals surface area contributed by atoms with Crippen LogP contribution in [0, 0.1) is 18.8 Å². The molecule has 5 nitrogen and oxygen atoms in total. The fourth-order valence-corrected chi connectivity index (χ4v) is 2.32. The average Bonchev–Trinajstić information content (AvgIpc) is 2.65. The van der Waals surface area contributed by atoms with E-state index in [0.717, 1.165) is 12.1 Å². The first-order chi connectivity index (χ1) is 9.31. The van der Waals surface area contributed by atoms with Crippen molar-refractivity contribution in [2.24, 2.45) is 18.9 Å². The highest BCUT2D eigenvalue weighted by Crippen LogP contribution is 2.15. The maximum atomic E-state index is 12.1. The van der Waals surface area contributed by atoms with E-state index in [0.29, 0.717) is 18.2 Å². The van der Waals surface area contributed by atoms with E-state index < -0.39 is 5.97 Å². The summed E-state index contributed by atoms with van der Waals surface area (Å²) in [5.41, 5.74) is 1.61. The van der Waals surface area contributed by atoms with Crippen LogP contribution in [0.15, 0.2) is 12.1 Å². The molecule has 2 N–H and O–H groups in total. The number of hydrogen-bond donors (Lipinski definition) is 2. The van der Waals surface area contributed by atoms with Crippen molar-refractivity contribution >= 4 is 11.9 Å². The lowest BCUT2D eigenvalue weighted by Gasteiger charge is -2.18. The Hall–Kier alpha value is -1.78. The molecule has 0 bridgehead atoms. The Labute approximate surface area is 120 Å². The van der Waals surface area contributed by atoms with Gasteiger partial charge in [0.2, 0.25) is 0 Å². The lowest BCUT2D eigenvalue weighted by Crippen LogP contribution is -2.32. The molecule has 0 saturated carbocycles. The molecule has 0 fully saturated rings. The van der Waals surface area contributed by atoms with E-state index in [4.69, 9.17) is 5.11 Å². The number of nitrogens with zero attached hydrogens (tertiary/aromatic N) is 1. The Balaban J connectivity index is 2.60. The maximum absolute atomic E-state index is 12.1. The molecule has 1 amide bonds. The lowest BCUT2D eigenvalue weighted by molar-refractivity contribution is -0.138. The van der Waals surface area contributed by atoms with Gasteiger partial charge in [-0.05, 0) is 37.3 Å². The zero-order chi connectivity index (χ0) is 15.3. The van der Waals surface area contributed by atoms with Crippen molar-refractivity contribution in [2.45, 2.75) is 33.6 Å². The van der Waals surface area contributed by atoms with Crippen molar-refractivity contribution in [3.05, 3.63) is 23.5 Å².